The van der Waals surface area contributed by atoms with Gasteiger partial charge in [-0.2, -0.15) is 0 Å². The van der Waals surface area contributed by atoms with Gasteiger partial charge in [0.1, 0.15) is 5.15 Å². The first-order chi connectivity index (χ1) is 13.1. The second kappa shape index (κ2) is 8.28. The molecule has 0 aliphatic rings. The summed E-state index contributed by atoms with van der Waals surface area (Å²) in [7, 11) is 1.17. The number of hydrogen-bond acceptors (Lipinski definition) is 8. The molecule has 10 nitrogen and oxygen atoms in total. The number of nitrogens with zero attached hydrogens (tertiary/aromatic N) is 3. The third-order valence-corrected chi connectivity index (χ3v) is 4.51. The number of aromatic hydroxyl groups is 1. The number of amidine groups is 1. The molecule has 12 heteroatoms. The Labute approximate surface area is 168 Å². The van der Waals surface area contributed by atoms with Crippen LogP contribution in [0.25, 0.3) is 0 Å². The number of nitro benzene ring substituents is 1. The minimum absolute atomic E-state index is 0.0126. The first kappa shape index (κ1) is 21.2. The zero-order chi connectivity index (χ0) is 21.2. The summed E-state index contributed by atoms with van der Waals surface area (Å²) in [5.74, 6) is -2.36. The number of methoxy groups -OCH3 is 1. The van der Waals surface area contributed by atoms with Crippen LogP contribution in [0.15, 0.2) is 17.3 Å². The number of carbonyl (C=O) groups is 1. The van der Waals surface area contributed by atoms with Gasteiger partial charge in [-0.05, 0) is 25.5 Å². The fourth-order valence-corrected chi connectivity index (χ4v) is 2.78. The largest absolute Gasteiger partial charge is 0.500 e. The number of rotatable bonds is 5. The van der Waals surface area contributed by atoms with Crippen LogP contribution in [0, 0.1) is 24.0 Å². The molecule has 1 aromatic heterocycles. The standard InChI is InChI=1S/C16H14Cl2N4O6/c1-6-11(14(18)20-7(2)12(6)17)15(19)21-28-16(24)8-4-9(22(25)26)13(23)10(5-8)27-3/h4-5,23H,1-3H3,(H2,19,21). The van der Waals surface area contributed by atoms with E-state index < -0.39 is 22.3 Å². The van der Waals surface area contributed by atoms with E-state index >= 15 is 0 Å². The lowest BCUT2D eigenvalue weighted by molar-refractivity contribution is -0.386. The molecule has 0 bridgehead atoms. The molecule has 0 saturated heterocycles. The van der Waals surface area contributed by atoms with Gasteiger partial charge in [-0.3, -0.25) is 10.1 Å². The second-order valence-corrected chi connectivity index (χ2v) is 6.20. The minimum Gasteiger partial charge on any atom is -0.500 e. The van der Waals surface area contributed by atoms with E-state index in [1.54, 1.807) is 13.8 Å². The van der Waals surface area contributed by atoms with Gasteiger partial charge in [-0.25, -0.2) is 9.78 Å². The number of oxime groups is 1. The van der Waals surface area contributed by atoms with Gasteiger partial charge in [0.05, 0.1) is 33.9 Å². The van der Waals surface area contributed by atoms with Crippen LogP contribution in [-0.4, -0.2) is 33.9 Å². The van der Waals surface area contributed by atoms with Gasteiger partial charge in [-0.15, -0.1) is 0 Å². The van der Waals surface area contributed by atoms with Gasteiger partial charge in [-0.1, -0.05) is 28.4 Å². The minimum atomic E-state index is -1.08. The predicted molar refractivity (Wildman–Crippen MR) is 101 cm³/mol. The summed E-state index contributed by atoms with van der Waals surface area (Å²) in [6.45, 7) is 3.29. The van der Waals surface area contributed by atoms with Crippen molar-refractivity contribution < 1.29 is 24.4 Å². The number of pyridine rings is 1. The molecule has 1 heterocycles. The molecule has 1 aromatic carbocycles. The van der Waals surface area contributed by atoms with E-state index in [-0.39, 0.29) is 27.9 Å². The van der Waals surface area contributed by atoms with Crippen molar-refractivity contribution >= 4 is 40.7 Å². The monoisotopic (exact) mass is 428 g/mol. The molecule has 0 saturated carbocycles. The molecular formula is C16H14Cl2N4O6. The van der Waals surface area contributed by atoms with Gasteiger partial charge in [0.15, 0.2) is 11.6 Å². The topological polar surface area (TPSA) is 150 Å². The summed E-state index contributed by atoms with van der Waals surface area (Å²) in [4.78, 5) is 31.1. The Morgan fingerprint density at radius 3 is 2.57 bits per heavy atom. The Bertz CT molecular complexity index is 1010. The maximum absolute atomic E-state index is 12.2. The lowest BCUT2D eigenvalue weighted by Crippen LogP contribution is -2.18. The number of halogens is 2. The highest BCUT2D eigenvalue weighted by Crippen LogP contribution is 2.37. The van der Waals surface area contributed by atoms with Gasteiger partial charge in [0.25, 0.3) is 0 Å². The normalized spacial score (nSPS) is 11.2. The molecular weight excluding hydrogens is 415 g/mol. The quantitative estimate of drug-likeness (QED) is 0.184. The molecule has 148 valence electrons. The number of phenolic OH excluding ortho intramolecular Hbond substituents is 1. The van der Waals surface area contributed by atoms with E-state index in [1.807, 2.05) is 0 Å². The predicted octanol–water partition coefficient (Wildman–Crippen LogP) is 3.10. The van der Waals surface area contributed by atoms with Crippen molar-refractivity contribution in [2.75, 3.05) is 7.11 Å². The molecule has 0 amide bonds. The molecule has 3 N–H and O–H groups in total. The molecule has 0 atom stereocenters. The maximum atomic E-state index is 12.2. The van der Waals surface area contributed by atoms with E-state index in [4.69, 9.17) is 38.5 Å². The summed E-state index contributed by atoms with van der Waals surface area (Å²) >= 11 is 12.2. The number of hydrogen-bond donors (Lipinski definition) is 2. The summed E-state index contributed by atoms with van der Waals surface area (Å²) in [6, 6.07) is 1.87. The van der Waals surface area contributed by atoms with Crippen LogP contribution < -0.4 is 10.5 Å². The molecule has 0 aliphatic carbocycles. The van der Waals surface area contributed by atoms with E-state index in [0.29, 0.717) is 16.3 Å². The highest BCUT2D eigenvalue weighted by atomic mass is 35.5. The fourth-order valence-electron chi connectivity index (χ4n) is 2.28. The van der Waals surface area contributed by atoms with Gasteiger partial charge in [0.2, 0.25) is 5.75 Å². The average molecular weight is 429 g/mol. The Hall–Kier alpha value is -3.11. The van der Waals surface area contributed by atoms with Gasteiger partial charge in [0, 0.05) is 6.07 Å². The number of ether oxygens (including phenoxy) is 1. The van der Waals surface area contributed by atoms with Gasteiger partial charge >= 0.3 is 11.7 Å². The fraction of sp³-hybridized carbons (Fsp3) is 0.188. The Morgan fingerprint density at radius 2 is 2.00 bits per heavy atom. The van der Waals surface area contributed by atoms with E-state index in [9.17, 15) is 20.0 Å². The highest BCUT2D eigenvalue weighted by Gasteiger charge is 2.24. The number of nitrogens with two attached hydrogens (primary N) is 1. The number of phenols is 1. The van der Waals surface area contributed by atoms with Crippen molar-refractivity contribution in [1.29, 1.82) is 0 Å². The van der Waals surface area contributed by atoms with E-state index in [1.165, 1.54) is 7.11 Å². The van der Waals surface area contributed by atoms with Crippen molar-refractivity contribution in [3.63, 3.8) is 0 Å². The highest BCUT2D eigenvalue weighted by molar-refractivity contribution is 6.36. The lowest BCUT2D eigenvalue weighted by atomic mass is 10.1. The van der Waals surface area contributed by atoms with Crippen LogP contribution >= 0.6 is 23.2 Å². The van der Waals surface area contributed by atoms with Crippen molar-refractivity contribution in [1.82, 2.24) is 4.98 Å². The van der Waals surface area contributed by atoms with Crippen LogP contribution in [0.5, 0.6) is 11.5 Å². The van der Waals surface area contributed by atoms with Crippen molar-refractivity contribution in [3.8, 4) is 11.5 Å². The van der Waals surface area contributed by atoms with Crippen LogP contribution in [0.4, 0.5) is 5.69 Å². The molecule has 0 radical (unpaired) electrons. The molecule has 28 heavy (non-hydrogen) atoms. The summed E-state index contributed by atoms with van der Waals surface area (Å²) in [5, 5.41) is 24.6. The van der Waals surface area contributed by atoms with Crippen LogP contribution in [-0.2, 0) is 4.84 Å². The number of benzene rings is 1. The smallest absolute Gasteiger partial charge is 0.366 e. The maximum Gasteiger partial charge on any atom is 0.366 e. The third kappa shape index (κ3) is 4.07. The molecule has 0 spiro atoms. The van der Waals surface area contributed by atoms with E-state index in [2.05, 4.69) is 10.1 Å². The number of carbonyl (C=O) groups excluding carboxylic acids is 1. The van der Waals surface area contributed by atoms with Crippen LogP contribution in [0.1, 0.15) is 27.2 Å². The third-order valence-electron chi connectivity index (χ3n) is 3.68. The average Bonchev–Trinajstić information content (AvgIpc) is 2.64. The zero-order valence-corrected chi connectivity index (χ0v) is 16.3. The first-order valence-corrected chi connectivity index (χ1v) is 8.26. The zero-order valence-electron chi connectivity index (χ0n) is 14.8. The Morgan fingerprint density at radius 1 is 1.36 bits per heavy atom. The van der Waals surface area contributed by atoms with Crippen molar-refractivity contribution in [2.24, 2.45) is 10.9 Å². The number of nitro groups is 1. The second-order valence-electron chi connectivity index (χ2n) is 5.46. The van der Waals surface area contributed by atoms with Crippen LogP contribution in [0.2, 0.25) is 10.2 Å². The number of aryl methyl sites for hydroxylation is 1. The van der Waals surface area contributed by atoms with Crippen molar-refractivity contribution in [3.05, 3.63) is 54.8 Å². The molecule has 2 aromatic rings. The Kier molecular flexibility index (Phi) is 6.26. The summed E-state index contributed by atoms with van der Waals surface area (Å²) in [5.41, 5.74) is 5.94. The SMILES string of the molecule is COc1cc(C(=O)ON=C(N)c2c(Cl)nc(C)c(Cl)c2C)cc([N+](=O)[O-])c1O. The molecule has 0 fully saturated rings. The lowest BCUT2D eigenvalue weighted by Gasteiger charge is -2.10. The molecule has 2 rings (SSSR count). The van der Waals surface area contributed by atoms with E-state index in [0.717, 1.165) is 12.1 Å². The summed E-state index contributed by atoms with van der Waals surface area (Å²) < 4.78 is 4.81. The summed E-state index contributed by atoms with van der Waals surface area (Å²) in [6.07, 6.45) is 0. The molecule has 0 unspecified atom stereocenters. The molecule has 0 aliphatic heterocycles. The van der Waals surface area contributed by atoms with Gasteiger partial charge < -0.3 is 20.4 Å². The van der Waals surface area contributed by atoms with Crippen LogP contribution in [0.3, 0.4) is 0 Å². The first-order valence-electron chi connectivity index (χ1n) is 7.51. The number of aromatic nitrogens is 1. The Balaban J connectivity index is 2.38. The van der Waals surface area contributed by atoms with Crippen molar-refractivity contribution in [2.45, 2.75) is 13.8 Å².